The molecule has 0 heterocycles. The van der Waals surface area contributed by atoms with Crippen LogP contribution in [0.3, 0.4) is 0 Å². The summed E-state index contributed by atoms with van der Waals surface area (Å²) in [7, 11) is 0. The molecule has 0 unspecified atom stereocenters. The van der Waals surface area contributed by atoms with Gasteiger partial charge in [0, 0.05) is 11.8 Å². The molecule has 3 rings (SSSR count). The molecule has 0 radical (unpaired) electrons. The molecule has 0 aliphatic rings. The number of hydrogen-bond donors (Lipinski definition) is 2. The fraction of sp³-hybridized carbons (Fsp3) is 0.0952. The third-order valence-electron chi connectivity index (χ3n) is 3.96. The summed E-state index contributed by atoms with van der Waals surface area (Å²) in [6.45, 7) is 2.03. The van der Waals surface area contributed by atoms with Gasteiger partial charge in [-0.25, -0.2) is 8.78 Å². The maximum atomic E-state index is 13.4. The van der Waals surface area contributed by atoms with Gasteiger partial charge in [-0.1, -0.05) is 60.2 Å². The Balaban J connectivity index is 1.83. The molecule has 0 saturated carbocycles. The van der Waals surface area contributed by atoms with Crippen LogP contribution in [0, 0.1) is 18.6 Å². The standard InChI is InChI=1S/C21H18F2N2S/c1-14-6-5-9-16(12-14)20(15-7-3-2-4-8-15)25-21(26)24-17-10-11-18(22)19(23)13-17/h2-13,20H,1H3,(H2,24,25,26)/t20-/m0/s1. The lowest BCUT2D eigenvalue weighted by molar-refractivity contribution is 0.509. The molecule has 1 atom stereocenters. The van der Waals surface area contributed by atoms with E-state index in [0.717, 1.165) is 28.8 Å². The van der Waals surface area contributed by atoms with Gasteiger partial charge in [-0.2, -0.15) is 0 Å². The Labute approximate surface area is 156 Å². The molecule has 5 heteroatoms. The lowest BCUT2D eigenvalue weighted by Crippen LogP contribution is -2.33. The van der Waals surface area contributed by atoms with Crippen molar-refractivity contribution in [2.24, 2.45) is 0 Å². The van der Waals surface area contributed by atoms with Crippen molar-refractivity contribution in [2.45, 2.75) is 13.0 Å². The summed E-state index contributed by atoms with van der Waals surface area (Å²) in [5.41, 5.74) is 3.64. The first kappa shape index (κ1) is 18.0. The van der Waals surface area contributed by atoms with E-state index in [-0.39, 0.29) is 6.04 Å². The molecule has 3 aromatic rings. The number of benzene rings is 3. The van der Waals surface area contributed by atoms with Crippen molar-refractivity contribution in [2.75, 3.05) is 5.32 Å². The van der Waals surface area contributed by atoms with E-state index in [0.29, 0.717) is 10.8 Å². The fourth-order valence-corrected chi connectivity index (χ4v) is 2.96. The quantitative estimate of drug-likeness (QED) is 0.607. The summed E-state index contributed by atoms with van der Waals surface area (Å²) in [5.74, 6) is -1.81. The molecule has 3 aromatic carbocycles. The van der Waals surface area contributed by atoms with E-state index >= 15 is 0 Å². The molecule has 0 spiro atoms. The zero-order valence-electron chi connectivity index (χ0n) is 14.2. The molecule has 0 aliphatic carbocycles. The van der Waals surface area contributed by atoms with Gasteiger partial charge >= 0.3 is 0 Å². The van der Waals surface area contributed by atoms with Crippen LogP contribution in [0.25, 0.3) is 0 Å². The van der Waals surface area contributed by atoms with Gasteiger partial charge in [-0.3, -0.25) is 0 Å². The summed E-state index contributed by atoms with van der Waals surface area (Å²) in [6.07, 6.45) is 0. The van der Waals surface area contributed by atoms with E-state index in [2.05, 4.69) is 16.7 Å². The van der Waals surface area contributed by atoms with E-state index in [4.69, 9.17) is 12.2 Å². The lowest BCUT2D eigenvalue weighted by Gasteiger charge is -2.22. The molecule has 0 aliphatic heterocycles. The molecule has 0 fully saturated rings. The molecule has 132 valence electrons. The van der Waals surface area contributed by atoms with Crippen molar-refractivity contribution in [3.05, 3.63) is 101 Å². The SMILES string of the molecule is Cc1cccc([C@@H](NC(=S)Nc2ccc(F)c(F)c2)c2ccccc2)c1. The van der Waals surface area contributed by atoms with Crippen LogP contribution >= 0.6 is 12.2 Å². The van der Waals surface area contributed by atoms with Crippen molar-refractivity contribution in [3.8, 4) is 0 Å². The summed E-state index contributed by atoms with van der Waals surface area (Å²) in [6, 6.07) is 21.5. The number of nitrogens with one attached hydrogen (secondary N) is 2. The Morgan fingerprint density at radius 3 is 2.27 bits per heavy atom. The Bertz CT molecular complexity index is 913. The third kappa shape index (κ3) is 4.43. The summed E-state index contributed by atoms with van der Waals surface area (Å²) >= 11 is 5.38. The number of anilines is 1. The van der Waals surface area contributed by atoms with Crippen molar-refractivity contribution < 1.29 is 8.78 Å². The molecule has 2 nitrogen and oxygen atoms in total. The second kappa shape index (κ2) is 8.06. The average Bonchev–Trinajstić information content (AvgIpc) is 2.63. The van der Waals surface area contributed by atoms with E-state index in [1.807, 2.05) is 55.5 Å². The van der Waals surface area contributed by atoms with Crippen LogP contribution in [0.15, 0.2) is 72.8 Å². The number of halogens is 2. The highest BCUT2D eigenvalue weighted by atomic mass is 32.1. The van der Waals surface area contributed by atoms with Crippen molar-refractivity contribution in [1.29, 1.82) is 0 Å². The van der Waals surface area contributed by atoms with Crippen molar-refractivity contribution >= 4 is 23.0 Å². The predicted molar refractivity (Wildman–Crippen MR) is 105 cm³/mol. The second-order valence-corrected chi connectivity index (χ2v) is 6.39. The highest BCUT2D eigenvalue weighted by molar-refractivity contribution is 7.80. The number of rotatable bonds is 4. The normalized spacial score (nSPS) is 11.7. The monoisotopic (exact) mass is 368 g/mol. The Hall–Kier alpha value is -2.79. The molecular weight excluding hydrogens is 350 g/mol. The van der Waals surface area contributed by atoms with Crippen LogP contribution in [-0.2, 0) is 0 Å². The van der Waals surface area contributed by atoms with Crippen LogP contribution in [0.2, 0.25) is 0 Å². The van der Waals surface area contributed by atoms with Gasteiger partial charge in [0.05, 0.1) is 6.04 Å². The second-order valence-electron chi connectivity index (χ2n) is 5.99. The highest BCUT2D eigenvalue weighted by Gasteiger charge is 2.15. The van der Waals surface area contributed by atoms with Gasteiger partial charge in [0.25, 0.3) is 0 Å². The molecule has 26 heavy (non-hydrogen) atoms. The van der Waals surface area contributed by atoms with Crippen LogP contribution in [0.4, 0.5) is 14.5 Å². The van der Waals surface area contributed by atoms with Gasteiger partial charge in [-0.15, -0.1) is 0 Å². The minimum absolute atomic E-state index is 0.165. The van der Waals surface area contributed by atoms with Crippen LogP contribution in [-0.4, -0.2) is 5.11 Å². The molecule has 0 amide bonds. The van der Waals surface area contributed by atoms with E-state index < -0.39 is 11.6 Å². The van der Waals surface area contributed by atoms with Gasteiger partial charge in [-0.05, 0) is 42.4 Å². The summed E-state index contributed by atoms with van der Waals surface area (Å²) in [5, 5.41) is 6.50. The maximum absolute atomic E-state index is 13.4. The van der Waals surface area contributed by atoms with Crippen LogP contribution in [0.5, 0.6) is 0 Å². The van der Waals surface area contributed by atoms with Crippen LogP contribution < -0.4 is 10.6 Å². The largest absolute Gasteiger partial charge is 0.352 e. The van der Waals surface area contributed by atoms with E-state index in [9.17, 15) is 8.78 Å². The van der Waals surface area contributed by atoms with Gasteiger partial charge in [0.15, 0.2) is 16.7 Å². The third-order valence-corrected chi connectivity index (χ3v) is 4.18. The predicted octanol–water partition coefficient (Wildman–Crippen LogP) is 5.35. The first-order chi connectivity index (χ1) is 12.5. The molecular formula is C21H18F2N2S. The van der Waals surface area contributed by atoms with Crippen molar-refractivity contribution in [3.63, 3.8) is 0 Å². The minimum atomic E-state index is -0.920. The van der Waals surface area contributed by atoms with Gasteiger partial charge < -0.3 is 10.6 Å². The molecule has 2 N–H and O–H groups in total. The maximum Gasteiger partial charge on any atom is 0.171 e. The first-order valence-corrected chi connectivity index (χ1v) is 8.58. The van der Waals surface area contributed by atoms with E-state index in [1.165, 1.54) is 6.07 Å². The Morgan fingerprint density at radius 1 is 0.846 bits per heavy atom. The molecule has 0 aromatic heterocycles. The Kier molecular flexibility index (Phi) is 5.58. The van der Waals surface area contributed by atoms with E-state index in [1.54, 1.807) is 0 Å². The molecule has 0 saturated heterocycles. The first-order valence-electron chi connectivity index (χ1n) is 8.17. The minimum Gasteiger partial charge on any atom is -0.352 e. The van der Waals surface area contributed by atoms with Crippen LogP contribution in [0.1, 0.15) is 22.7 Å². The molecule has 0 bridgehead atoms. The zero-order valence-corrected chi connectivity index (χ0v) is 15.0. The number of hydrogen-bond acceptors (Lipinski definition) is 1. The summed E-state index contributed by atoms with van der Waals surface area (Å²) < 4.78 is 26.5. The number of aryl methyl sites for hydroxylation is 1. The lowest BCUT2D eigenvalue weighted by atomic mass is 9.97. The number of thiocarbonyl (C=S) groups is 1. The fourth-order valence-electron chi connectivity index (χ4n) is 2.73. The Morgan fingerprint density at radius 2 is 1.58 bits per heavy atom. The average molecular weight is 368 g/mol. The topological polar surface area (TPSA) is 24.1 Å². The van der Waals surface area contributed by atoms with Gasteiger partial charge in [0.1, 0.15) is 0 Å². The van der Waals surface area contributed by atoms with Gasteiger partial charge in [0.2, 0.25) is 0 Å². The smallest absolute Gasteiger partial charge is 0.171 e. The highest BCUT2D eigenvalue weighted by Crippen LogP contribution is 2.23. The van der Waals surface area contributed by atoms with Crippen molar-refractivity contribution in [1.82, 2.24) is 5.32 Å². The summed E-state index contributed by atoms with van der Waals surface area (Å²) in [4.78, 5) is 0. The zero-order chi connectivity index (χ0) is 18.5.